The third kappa shape index (κ3) is 2.79. The maximum Gasteiger partial charge on any atom is 0.352 e. The number of rotatable bonds is 4. The third-order valence-corrected chi connectivity index (χ3v) is 2.61. The Bertz CT molecular complexity index is 683. The van der Waals surface area contributed by atoms with Crippen molar-refractivity contribution >= 4 is 11.9 Å². The number of pyridine rings is 1. The van der Waals surface area contributed by atoms with E-state index in [0.717, 1.165) is 0 Å². The van der Waals surface area contributed by atoms with Crippen molar-refractivity contribution in [3.8, 4) is 0 Å². The van der Waals surface area contributed by atoms with Gasteiger partial charge in [0.2, 0.25) is 5.95 Å². The standard InChI is InChI=1S/C12H13N5O3/c1-13-11-15-7-17(12(19)16-11)6-9-8(10(18)20-2)4-3-5-14-9/h3-5,7H,6H2,1-2H3,(H,13,16,19). The maximum atomic E-state index is 11.8. The van der Waals surface area contributed by atoms with Crippen molar-refractivity contribution in [2.45, 2.75) is 6.54 Å². The van der Waals surface area contributed by atoms with Crippen molar-refractivity contribution in [1.29, 1.82) is 0 Å². The van der Waals surface area contributed by atoms with Gasteiger partial charge in [-0.3, -0.25) is 9.55 Å². The molecule has 0 saturated heterocycles. The number of nitrogens with one attached hydrogen (secondary N) is 1. The summed E-state index contributed by atoms with van der Waals surface area (Å²) < 4.78 is 5.93. The third-order valence-electron chi connectivity index (χ3n) is 2.61. The number of nitrogens with zero attached hydrogens (tertiary/aromatic N) is 4. The summed E-state index contributed by atoms with van der Waals surface area (Å²) in [5.74, 6) is -0.269. The van der Waals surface area contributed by atoms with Gasteiger partial charge in [0.15, 0.2) is 0 Å². The van der Waals surface area contributed by atoms with Gasteiger partial charge < -0.3 is 10.1 Å². The molecule has 2 rings (SSSR count). The smallest absolute Gasteiger partial charge is 0.352 e. The van der Waals surface area contributed by atoms with Crippen molar-refractivity contribution in [2.75, 3.05) is 19.5 Å². The second-order valence-corrected chi connectivity index (χ2v) is 3.83. The Labute approximate surface area is 114 Å². The predicted octanol–water partition coefficient (Wildman–Crippen LogP) is -0.0901. The highest BCUT2D eigenvalue weighted by atomic mass is 16.5. The second kappa shape index (κ2) is 5.91. The molecule has 0 unspecified atom stereocenters. The van der Waals surface area contributed by atoms with Gasteiger partial charge in [-0.15, -0.1) is 0 Å². The minimum absolute atomic E-state index is 0.0914. The van der Waals surface area contributed by atoms with Crippen LogP contribution >= 0.6 is 0 Å². The summed E-state index contributed by atoms with van der Waals surface area (Å²) in [4.78, 5) is 35.2. The molecule has 20 heavy (non-hydrogen) atoms. The highest BCUT2D eigenvalue weighted by Gasteiger charge is 2.13. The molecule has 0 aliphatic heterocycles. The molecule has 0 bridgehead atoms. The van der Waals surface area contributed by atoms with Crippen LogP contribution in [-0.4, -0.2) is 39.6 Å². The van der Waals surface area contributed by atoms with Gasteiger partial charge in [0.1, 0.15) is 6.33 Å². The van der Waals surface area contributed by atoms with Crippen LogP contribution in [0.15, 0.2) is 29.5 Å². The number of anilines is 1. The van der Waals surface area contributed by atoms with Crippen LogP contribution in [0.4, 0.5) is 5.95 Å². The first-order valence-corrected chi connectivity index (χ1v) is 5.79. The van der Waals surface area contributed by atoms with Crippen molar-refractivity contribution in [3.05, 3.63) is 46.4 Å². The Balaban J connectivity index is 2.35. The van der Waals surface area contributed by atoms with Crippen LogP contribution in [0.25, 0.3) is 0 Å². The zero-order valence-corrected chi connectivity index (χ0v) is 11.0. The van der Waals surface area contributed by atoms with Crippen molar-refractivity contribution in [3.63, 3.8) is 0 Å². The van der Waals surface area contributed by atoms with Gasteiger partial charge in [-0.2, -0.15) is 4.98 Å². The average Bonchev–Trinajstić information content (AvgIpc) is 2.49. The molecule has 0 aliphatic carbocycles. The molecule has 0 aromatic carbocycles. The summed E-state index contributed by atoms with van der Waals surface area (Å²) in [6.07, 6.45) is 2.88. The van der Waals surface area contributed by atoms with Gasteiger partial charge in [-0.25, -0.2) is 14.6 Å². The van der Waals surface area contributed by atoms with Crippen LogP contribution in [0, 0.1) is 0 Å². The molecule has 0 radical (unpaired) electrons. The number of carbonyl (C=O) groups excluding carboxylic acids is 1. The topological polar surface area (TPSA) is 99.0 Å². The fourth-order valence-electron chi connectivity index (χ4n) is 1.61. The van der Waals surface area contributed by atoms with E-state index in [1.165, 1.54) is 24.2 Å². The molecule has 0 amide bonds. The summed E-state index contributed by atoms with van der Waals surface area (Å²) >= 11 is 0. The van der Waals surface area contributed by atoms with E-state index in [9.17, 15) is 9.59 Å². The molecular formula is C12H13N5O3. The van der Waals surface area contributed by atoms with Crippen LogP contribution in [-0.2, 0) is 11.3 Å². The fraction of sp³-hybridized carbons (Fsp3) is 0.250. The highest BCUT2D eigenvalue weighted by Crippen LogP contribution is 2.08. The number of aromatic nitrogens is 4. The van der Waals surface area contributed by atoms with Crippen LogP contribution in [0.1, 0.15) is 16.1 Å². The lowest BCUT2D eigenvalue weighted by atomic mass is 10.2. The van der Waals surface area contributed by atoms with Crippen LogP contribution in [0.5, 0.6) is 0 Å². The molecule has 1 N–H and O–H groups in total. The summed E-state index contributed by atoms with van der Waals surface area (Å²) in [5.41, 5.74) is 0.243. The highest BCUT2D eigenvalue weighted by molar-refractivity contribution is 5.90. The normalized spacial score (nSPS) is 10.1. The summed E-state index contributed by atoms with van der Waals surface area (Å²) in [7, 11) is 2.91. The lowest BCUT2D eigenvalue weighted by Crippen LogP contribution is -2.26. The molecule has 2 heterocycles. The zero-order chi connectivity index (χ0) is 14.5. The quantitative estimate of drug-likeness (QED) is 0.778. The Kier molecular flexibility index (Phi) is 4.04. The molecule has 2 aromatic rings. The molecule has 8 nitrogen and oxygen atoms in total. The van der Waals surface area contributed by atoms with Crippen LogP contribution in [0.3, 0.4) is 0 Å². The molecule has 104 valence electrons. The van der Waals surface area contributed by atoms with Crippen LogP contribution < -0.4 is 11.0 Å². The summed E-state index contributed by atoms with van der Waals surface area (Å²) in [6.45, 7) is 0.0914. The van der Waals surface area contributed by atoms with Gasteiger partial charge in [0.05, 0.1) is 24.9 Å². The van der Waals surface area contributed by atoms with E-state index in [0.29, 0.717) is 11.3 Å². The van der Waals surface area contributed by atoms with Crippen LogP contribution in [0.2, 0.25) is 0 Å². The SMILES string of the molecule is CNc1ncn(Cc2ncccc2C(=O)OC)c(=O)n1. The Morgan fingerprint density at radius 1 is 1.45 bits per heavy atom. The maximum absolute atomic E-state index is 11.8. The number of esters is 1. The lowest BCUT2D eigenvalue weighted by Gasteiger charge is -2.08. The molecule has 0 atom stereocenters. The van der Waals surface area contributed by atoms with Crippen molar-refractivity contribution < 1.29 is 9.53 Å². The van der Waals surface area contributed by atoms with E-state index in [4.69, 9.17) is 0 Å². The largest absolute Gasteiger partial charge is 0.465 e. The van der Waals surface area contributed by atoms with E-state index in [-0.39, 0.29) is 12.5 Å². The monoisotopic (exact) mass is 275 g/mol. The van der Waals surface area contributed by atoms with E-state index >= 15 is 0 Å². The number of hydrogen-bond donors (Lipinski definition) is 1. The average molecular weight is 275 g/mol. The number of hydrogen-bond acceptors (Lipinski definition) is 7. The van der Waals surface area contributed by atoms with Crippen molar-refractivity contribution in [1.82, 2.24) is 19.5 Å². The van der Waals surface area contributed by atoms with E-state index in [1.807, 2.05) is 0 Å². The number of methoxy groups -OCH3 is 1. The second-order valence-electron chi connectivity index (χ2n) is 3.83. The number of ether oxygens (including phenoxy) is 1. The molecular weight excluding hydrogens is 262 g/mol. The Hall–Kier alpha value is -2.77. The van der Waals surface area contributed by atoms with Gasteiger partial charge in [0, 0.05) is 13.2 Å². The number of carbonyl (C=O) groups is 1. The minimum Gasteiger partial charge on any atom is -0.465 e. The van der Waals surface area contributed by atoms with Gasteiger partial charge in [-0.05, 0) is 12.1 Å². The molecule has 0 saturated carbocycles. The molecule has 0 aliphatic rings. The van der Waals surface area contributed by atoms with E-state index < -0.39 is 11.7 Å². The molecule has 8 heteroatoms. The molecule has 2 aromatic heterocycles. The lowest BCUT2D eigenvalue weighted by molar-refractivity contribution is 0.0598. The first kappa shape index (κ1) is 13.7. The van der Waals surface area contributed by atoms with Gasteiger partial charge in [-0.1, -0.05) is 0 Å². The predicted molar refractivity (Wildman–Crippen MR) is 70.5 cm³/mol. The summed E-state index contributed by atoms with van der Waals surface area (Å²) in [6, 6.07) is 3.21. The fourth-order valence-corrected chi connectivity index (χ4v) is 1.61. The van der Waals surface area contributed by atoms with Gasteiger partial charge >= 0.3 is 11.7 Å². The van der Waals surface area contributed by atoms with E-state index in [2.05, 4.69) is 25.0 Å². The van der Waals surface area contributed by atoms with E-state index in [1.54, 1.807) is 19.2 Å². The first-order valence-electron chi connectivity index (χ1n) is 5.79. The summed E-state index contributed by atoms with van der Waals surface area (Å²) in [5, 5.41) is 2.67. The molecule has 0 spiro atoms. The Morgan fingerprint density at radius 2 is 2.25 bits per heavy atom. The first-order chi connectivity index (χ1) is 9.65. The Morgan fingerprint density at radius 3 is 2.90 bits per heavy atom. The minimum atomic E-state index is -0.506. The van der Waals surface area contributed by atoms with Crippen molar-refractivity contribution in [2.24, 2.45) is 0 Å². The van der Waals surface area contributed by atoms with Gasteiger partial charge in [0.25, 0.3) is 0 Å². The zero-order valence-electron chi connectivity index (χ0n) is 11.0. The molecule has 0 fully saturated rings.